The van der Waals surface area contributed by atoms with Crippen LogP contribution in [0.1, 0.15) is 12.2 Å². The van der Waals surface area contributed by atoms with E-state index in [1.807, 2.05) is 24.3 Å². The average molecular weight is 543 g/mol. The van der Waals surface area contributed by atoms with Gasteiger partial charge in [0.1, 0.15) is 11.6 Å². The normalized spacial score (nSPS) is 16.4. The minimum Gasteiger partial charge on any atom is -0.461 e. The van der Waals surface area contributed by atoms with Gasteiger partial charge in [-0.15, -0.1) is 24.0 Å². The van der Waals surface area contributed by atoms with Gasteiger partial charge in [0, 0.05) is 45.3 Å². The lowest BCUT2D eigenvalue weighted by Gasteiger charge is -2.20. The Bertz CT molecular complexity index is 961. The summed E-state index contributed by atoms with van der Waals surface area (Å²) in [4.78, 5) is 15.3. The minimum atomic E-state index is 0. The van der Waals surface area contributed by atoms with Gasteiger partial charge in [-0.1, -0.05) is 11.6 Å². The molecule has 1 aliphatic heterocycles. The van der Waals surface area contributed by atoms with Crippen molar-refractivity contribution >= 4 is 47.4 Å². The molecule has 0 aromatic carbocycles. The molecule has 1 saturated heterocycles. The molecule has 3 aromatic rings. The van der Waals surface area contributed by atoms with Gasteiger partial charge in [0.2, 0.25) is 5.82 Å². The van der Waals surface area contributed by atoms with Crippen molar-refractivity contribution < 1.29 is 4.42 Å². The highest BCUT2D eigenvalue weighted by molar-refractivity contribution is 14.0. The zero-order valence-corrected chi connectivity index (χ0v) is 19.6. The number of anilines is 1. The maximum atomic E-state index is 6.27. The summed E-state index contributed by atoms with van der Waals surface area (Å²) in [5.41, 5.74) is 0. The molecule has 0 amide bonds. The molecule has 4 heterocycles. The summed E-state index contributed by atoms with van der Waals surface area (Å²) >= 11 is 6.27. The van der Waals surface area contributed by atoms with Gasteiger partial charge in [-0.25, -0.2) is 9.97 Å². The van der Waals surface area contributed by atoms with Crippen LogP contribution >= 0.6 is 35.6 Å². The van der Waals surface area contributed by atoms with E-state index in [0.717, 1.165) is 37.1 Å². The molecule has 3 aromatic heterocycles. The molecule has 1 aliphatic rings. The first-order chi connectivity index (χ1) is 14.2. The molecule has 0 radical (unpaired) electrons. The van der Waals surface area contributed by atoms with Crippen LogP contribution in [0.3, 0.4) is 0 Å². The summed E-state index contributed by atoms with van der Waals surface area (Å²) in [6, 6.07) is 7.63. The molecular formula is C19H24ClIN8O. The van der Waals surface area contributed by atoms with E-state index in [9.17, 15) is 0 Å². The predicted octanol–water partition coefficient (Wildman–Crippen LogP) is 2.72. The maximum Gasteiger partial charge on any atom is 0.216 e. The number of rotatable bonds is 6. The second kappa shape index (κ2) is 10.6. The fraction of sp³-hybridized carbons (Fsp3) is 0.368. The molecule has 0 aliphatic carbocycles. The van der Waals surface area contributed by atoms with E-state index in [1.54, 1.807) is 19.5 Å². The summed E-state index contributed by atoms with van der Waals surface area (Å²) in [6.45, 7) is 2.40. The molecule has 9 nitrogen and oxygen atoms in total. The lowest BCUT2D eigenvalue weighted by Crippen LogP contribution is -2.45. The molecular weight excluding hydrogens is 519 g/mol. The molecule has 1 fully saturated rings. The summed E-state index contributed by atoms with van der Waals surface area (Å²) in [5.74, 6) is 3.59. The second-order valence-electron chi connectivity index (χ2n) is 6.72. The second-order valence-corrected chi connectivity index (χ2v) is 7.12. The molecule has 0 bridgehead atoms. The third kappa shape index (κ3) is 5.42. The van der Waals surface area contributed by atoms with Gasteiger partial charge < -0.3 is 20.0 Å². The number of H-pyrrole nitrogens is 1. The highest BCUT2D eigenvalue weighted by Crippen LogP contribution is 2.25. The van der Waals surface area contributed by atoms with E-state index in [1.165, 1.54) is 0 Å². The number of hydrogen-bond acceptors (Lipinski definition) is 6. The molecule has 0 saturated carbocycles. The third-order valence-electron chi connectivity index (χ3n) is 4.72. The van der Waals surface area contributed by atoms with Gasteiger partial charge >= 0.3 is 0 Å². The van der Waals surface area contributed by atoms with Crippen LogP contribution in [0.5, 0.6) is 0 Å². The number of guanidine groups is 1. The first-order valence-electron chi connectivity index (χ1n) is 9.50. The number of furan rings is 1. The zero-order chi connectivity index (χ0) is 20.1. The van der Waals surface area contributed by atoms with Crippen molar-refractivity contribution in [1.29, 1.82) is 0 Å². The largest absolute Gasteiger partial charge is 0.461 e. The Balaban J connectivity index is 0.00000256. The summed E-state index contributed by atoms with van der Waals surface area (Å²) < 4.78 is 5.31. The van der Waals surface area contributed by atoms with Crippen LogP contribution in [-0.2, 0) is 6.42 Å². The number of aromatic amines is 1. The predicted molar refractivity (Wildman–Crippen MR) is 128 cm³/mol. The first kappa shape index (κ1) is 22.3. The highest BCUT2D eigenvalue weighted by Gasteiger charge is 2.25. The van der Waals surface area contributed by atoms with E-state index in [4.69, 9.17) is 16.0 Å². The number of hydrogen-bond donors (Lipinski definition) is 3. The SMILES string of the molecule is CN=C(NCCc1nc(-c2ccco2)n[nH]1)NC1CCN(c2ncccc2Cl)C1.I. The van der Waals surface area contributed by atoms with Gasteiger partial charge in [-0.3, -0.25) is 10.1 Å². The fourth-order valence-corrected chi connectivity index (χ4v) is 3.53. The van der Waals surface area contributed by atoms with E-state index >= 15 is 0 Å². The van der Waals surface area contributed by atoms with E-state index in [0.29, 0.717) is 29.6 Å². The summed E-state index contributed by atoms with van der Waals surface area (Å²) in [6.07, 6.45) is 5.05. The van der Waals surface area contributed by atoms with Crippen molar-refractivity contribution in [2.75, 3.05) is 31.6 Å². The highest BCUT2D eigenvalue weighted by atomic mass is 127. The first-order valence-corrected chi connectivity index (χ1v) is 9.88. The van der Waals surface area contributed by atoms with Crippen molar-refractivity contribution in [3.8, 4) is 11.6 Å². The Hall–Kier alpha value is -2.34. The van der Waals surface area contributed by atoms with E-state index < -0.39 is 0 Å². The van der Waals surface area contributed by atoms with Crippen LogP contribution in [0.4, 0.5) is 5.82 Å². The number of pyridine rings is 1. The molecule has 160 valence electrons. The van der Waals surface area contributed by atoms with Crippen LogP contribution in [0.2, 0.25) is 5.02 Å². The number of nitrogens with zero attached hydrogens (tertiary/aromatic N) is 5. The van der Waals surface area contributed by atoms with Crippen LogP contribution in [-0.4, -0.2) is 58.8 Å². The molecule has 3 N–H and O–H groups in total. The van der Waals surface area contributed by atoms with Crippen molar-refractivity contribution in [1.82, 2.24) is 30.8 Å². The Morgan fingerprint density at radius 2 is 2.30 bits per heavy atom. The van der Waals surface area contributed by atoms with Crippen molar-refractivity contribution in [3.63, 3.8) is 0 Å². The Kier molecular flexibility index (Phi) is 7.91. The Morgan fingerprint density at radius 3 is 3.07 bits per heavy atom. The van der Waals surface area contributed by atoms with Crippen LogP contribution in [0.15, 0.2) is 46.1 Å². The minimum absolute atomic E-state index is 0. The summed E-state index contributed by atoms with van der Waals surface area (Å²) in [5, 5.41) is 14.6. The molecule has 11 heteroatoms. The van der Waals surface area contributed by atoms with Gasteiger partial charge in [0.05, 0.1) is 11.3 Å². The van der Waals surface area contributed by atoms with Gasteiger partial charge in [-0.2, -0.15) is 5.10 Å². The standard InChI is InChI=1S/C19H23ClN8O.HI/c1-21-19(23-9-6-16-25-17(27-26-16)15-5-3-11-29-15)24-13-7-10-28(12-13)18-14(20)4-2-8-22-18;/h2-5,8,11,13H,6-7,9-10,12H2,1H3,(H2,21,23,24)(H,25,26,27);1H. The Labute approximate surface area is 196 Å². The number of nitrogens with one attached hydrogen (secondary N) is 3. The average Bonchev–Trinajstić information content (AvgIpc) is 3.49. The van der Waals surface area contributed by atoms with Gasteiger partial charge in [0.15, 0.2) is 11.7 Å². The number of halogens is 2. The van der Waals surface area contributed by atoms with E-state index in [2.05, 4.69) is 40.7 Å². The number of aromatic nitrogens is 4. The topological polar surface area (TPSA) is 107 Å². The fourth-order valence-electron chi connectivity index (χ4n) is 3.29. The van der Waals surface area contributed by atoms with Gasteiger partial charge in [0.25, 0.3) is 0 Å². The lowest BCUT2D eigenvalue weighted by molar-refractivity contribution is 0.577. The molecule has 1 unspecified atom stereocenters. The number of aliphatic imine (C=N–C) groups is 1. The molecule has 1 atom stereocenters. The van der Waals surface area contributed by atoms with Crippen LogP contribution in [0, 0.1) is 0 Å². The smallest absolute Gasteiger partial charge is 0.216 e. The van der Waals surface area contributed by atoms with E-state index in [-0.39, 0.29) is 30.0 Å². The quantitative estimate of drug-likeness (QED) is 0.250. The van der Waals surface area contributed by atoms with Crippen molar-refractivity contribution in [2.24, 2.45) is 4.99 Å². The molecule has 4 rings (SSSR count). The summed E-state index contributed by atoms with van der Waals surface area (Å²) in [7, 11) is 1.77. The maximum absolute atomic E-state index is 6.27. The van der Waals surface area contributed by atoms with Crippen LogP contribution in [0.25, 0.3) is 11.6 Å². The molecule has 0 spiro atoms. The van der Waals surface area contributed by atoms with Crippen molar-refractivity contribution in [2.45, 2.75) is 18.9 Å². The third-order valence-corrected chi connectivity index (χ3v) is 5.01. The Morgan fingerprint density at radius 1 is 1.40 bits per heavy atom. The van der Waals surface area contributed by atoms with Crippen LogP contribution < -0.4 is 15.5 Å². The van der Waals surface area contributed by atoms with Crippen molar-refractivity contribution in [3.05, 3.63) is 47.6 Å². The lowest BCUT2D eigenvalue weighted by atomic mass is 10.3. The molecule has 30 heavy (non-hydrogen) atoms. The monoisotopic (exact) mass is 542 g/mol. The zero-order valence-electron chi connectivity index (χ0n) is 16.5. The van der Waals surface area contributed by atoms with Gasteiger partial charge in [-0.05, 0) is 30.7 Å².